The third-order valence-electron chi connectivity index (χ3n) is 3.82. The molecule has 0 bridgehead atoms. The molecule has 0 saturated heterocycles. The van der Waals surface area contributed by atoms with Gasteiger partial charge in [0, 0.05) is 24.2 Å². The lowest BCUT2D eigenvalue weighted by atomic mass is 10.1. The minimum atomic E-state index is 0.107. The lowest BCUT2D eigenvalue weighted by Gasteiger charge is -2.23. The molecule has 0 N–H and O–H groups in total. The highest BCUT2D eigenvalue weighted by Crippen LogP contribution is 2.33. The van der Waals surface area contributed by atoms with E-state index in [1.807, 2.05) is 40.6 Å². The van der Waals surface area contributed by atoms with Crippen LogP contribution >= 0.6 is 11.3 Å². The monoisotopic (exact) mass is 317 g/mol. The second kappa shape index (κ2) is 6.40. The molecule has 1 aliphatic rings. The Morgan fingerprint density at radius 3 is 2.68 bits per heavy atom. The van der Waals surface area contributed by atoms with Crippen LogP contribution < -0.4 is 9.47 Å². The largest absolute Gasteiger partial charge is 0.497 e. The predicted molar refractivity (Wildman–Crippen MR) is 86.8 cm³/mol. The van der Waals surface area contributed by atoms with E-state index in [9.17, 15) is 4.79 Å². The van der Waals surface area contributed by atoms with Crippen LogP contribution in [0.4, 0.5) is 0 Å². The quantitative estimate of drug-likeness (QED) is 0.817. The van der Waals surface area contributed by atoms with Crippen molar-refractivity contribution in [2.45, 2.75) is 25.4 Å². The SMILES string of the molecule is COc1ccc(CN(C(=O)c2cccs2)C2CC2)c(OC)c1. The zero-order valence-corrected chi connectivity index (χ0v) is 13.6. The number of carbonyl (C=O) groups is 1. The van der Waals surface area contributed by atoms with E-state index in [0.29, 0.717) is 12.6 Å². The van der Waals surface area contributed by atoms with Crippen LogP contribution in [0.5, 0.6) is 11.5 Å². The Morgan fingerprint density at radius 1 is 1.27 bits per heavy atom. The minimum absolute atomic E-state index is 0.107. The molecule has 1 fully saturated rings. The van der Waals surface area contributed by atoms with Gasteiger partial charge in [-0.05, 0) is 36.4 Å². The summed E-state index contributed by atoms with van der Waals surface area (Å²) in [6.07, 6.45) is 2.16. The number of ether oxygens (including phenoxy) is 2. The molecule has 1 aromatic carbocycles. The Morgan fingerprint density at radius 2 is 2.09 bits per heavy atom. The standard InChI is InChI=1S/C17H19NO3S/c1-20-14-8-5-12(15(10-14)21-2)11-18(13-6-7-13)17(19)16-4-3-9-22-16/h3-5,8-10,13H,6-7,11H2,1-2H3. The van der Waals surface area contributed by atoms with Crippen LogP contribution in [0.15, 0.2) is 35.7 Å². The maximum atomic E-state index is 12.7. The molecule has 1 heterocycles. The number of rotatable bonds is 6. The molecular formula is C17H19NO3S. The second-order valence-electron chi connectivity index (χ2n) is 5.32. The van der Waals surface area contributed by atoms with E-state index in [-0.39, 0.29) is 5.91 Å². The average molecular weight is 317 g/mol. The van der Waals surface area contributed by atoms with E-state index >= 15 is 0 Å². The molecule has 1 aromatic heterocycles. The van der Waals surface area contributed by atoms with E-state index < -0.39 is 0 Å². The molecule has 22 heavy (non-hydrogen) atoms. The lowest BCUT2D eigenvalue weighted by molar-refractivity contribution is 0.0733. The summed E-state index contributed by atoms with van der Waals surface area (Å²) in [5.74, 6) is 1.61. The predicted octanol–water partition coefficient (Wildman–Crippen LogP) is 3.57. The summed E-state index contributed by atoms with van der Waals surface area (Å²) in [4.78, 5) is 15.4. The van der Waals surface area contributed by atoms with Crippen LogP contribution in [0.2, 0.25) is 0 Å². The molecule has 0 atom stereocenters. The molecule has 116 valence electrons. The lowest BCUT2D eigenvalue weighted by Crippen LogP contribution is -2.32. The molecule has 0 spiro atoms. The fourth-order valence-electron chi connectivity index (χ4n) is 2.46. The van der Waals surface area contributed by atoms with Gasteiger partial charge in [-0.1, -0.05) is 6.07 Å². The average Bonchev–Trinajstić information content (AvgIpc) is 3.24. The number of amides is 1. The first-order valence-corrected chi connectivity index (χ1v) is 8.16. The van der Waals surface area contributed by atoms with Crippen molar-refractivity contribution in [2.75, 3.05) is 14.2 Å². The van der Waals surface area contributed by atoms with Gasteiger partial charge in [0.15, 0.2) is 0 Å². The number of thiophene rings is 1. The van der Waals surface area contributed by atoms with Crippen LogP contribution in [0, 0.1) is 0 Å². The third kappa shape index (κ3) is 3.09. The van der Waals surface area contributed by atoms with Gasteiger partial charge >= 0.3 is 0 Å². The Bertz CT molecular complexity index is 650. The summed E-state index contributed by atoms with van der Waals surface area (Å²) in [6.45, 7) is 0.564. The van der Waals surface area contributed by atoms with Crippen molar-refractivity contribution in [1.82, 2.24) is 4.90 Å². The van der Waals surface area contributed by atoms with Crippen molar-refractivity contribution in [1.29, 1.82) is 0 Å². The van der Waals surface area contributed by atoms with Crippen LogP contribution in [0.1, 0.15) is 28.1 Å². The molecule has 1 aliphatic carbocycles. The van der Waals surface area contributed by atoms with Gasteiger partial charge in [-0.15, -0.1) is 11.3 Å². The van der Waals surface area contributed by atoms with Gasteiger partial charge in [-0.25, -0.2) is 0 Å². The van der Waals surface area contributed by atoms with Gasteiger partial charge in [0.1, 0.15) is 11.5 Å². The molecular weight excluding hydrogens is 298 g/mol. The van der Waals surface area contributed by atoms with E-state index in [1.165, 1.54) is 11.3 Å². The highest BCUT2D eigenvalue weighted by atomic mass is 32.1. The zero-order chi connectivity index (χ0) is 15.5. The van der Waals surface area contributed by atoms with Crippen LogP contribution in [0.25, 0.3) is 0 Å². The van der Waals surface area contributed by atoms with Crippen molar-refractivity contribution in [3.05, 3.63) is 46.2 Å². The normalized spacial score (nSPS) is 13.7. The molecule has 1 saturated carbocycles. The Labute approximate surface area is 134 Å². The van der Waals surface area contributed by atoms with E-state index in [1.54, 1.807) is 14.2 Å². The van der Waals surface area contributed by atoms with Gasteiger partial charge in [0.05, 0.1) is 19.1 Å². The van der Waals surface area contributed by atoms with Crippen molar-refractivity contribution >= 4 is 17.2 Å². The van der Waals surface area contributed by atoms with Crippen molar-refractivity contribution in [3.8, 4) is 11.5 Å². The van der Waals surface area contributed by atoms with E-state index in [4.69, 9.17) is 9.47 Å². The summed E-state index contributed by atoms with van der Waals surface area (Å²) < 4.78 is 10.7. The molecule has 0 unspecified atom stereocenters. The van der Waals surface area contributed by atoms with E-state index in [0.717, 1.165) is 34.8 Å². The molecule has 1 amide bonds. The fraction of sp³-hybridized carbons (Fsp3) is 0.353. The first kappa shape index (κ1) is 14.9. The zero-order valence-electron chi connectivity index (χ0n) is 12.7. The number of nitrogens with zero attached hydrogens (tertiary/aromatic N) is 1. The highest BCUT2D eigenvalue weighted by molar-refractivity contribution is 7.12. The number of hydrogen-bond acceptors (Lipinski definition) is 4. The summed E-state index contributed by atoms with van der Waals surface area (Å²) in [5, 5.41) is 1.94. The van der Waals surface area contributed by atoms with Gasteiger partial charge in [0.2, 0.25) is 0 Å². The van der Waals surface area contributed by atoms with E-state index in [2.05, 4.69) is 0 Å². The summed E-state index contributed by atoms with van der Waals surface area (Å²) in [5.41, 5.74) is 1.00. The van der Waals surface area contributed by atoms with Crippen LogP contribution in [-0.4, -0.2) is 31.1 Å². The molecule has 3 rings (SSSR count). The van der Waals surface area contributed by atoms with Gasteiger partial charge in [0.25, 0.3) is 5.91 Å². The molecule has 2 aromatic rings. The van der Waals surface area contributed by atoms with Crippen molar-refractivity contribution in [3.63, 3.8) is 0 Å². The summed E-state index contributed by atoms with van der Waals surface area (Å²) in [6, 6.07) is 9.87. The van der Waals surface area contributed by atoms with Crippen LogP contribution in [-0.2, 0) is 6.54 Å². The summed E-state index contributed by atoms with van der Waals surface area (Å²) >= 11 is 1.49. The maximum absolute atomic E-state index is 12.7. The topological polar surface area (TPSA) is 38.8 Å². The Kier molecular flexibility index (Phi) is 4.34. The van der Waals surface area contributed by atoms with Crippen molar-refractivity contribution < 1.29 is 14.3 Å². The van der Waals surface area contributed by atoms with Gasteiger partial charge in [-0.3, -0.25) is 4.79 Å². The smallest absolute Gasteiger partial charge is 0.264 e. The molecule has 4 nitrogen and oxygen atoms in total. The fourth-order valence-corrected chi connectivity index (χ4v) is 3.14. The number of benzene rings is 1. The number of methoxy groups -OCH3 is 2. The van der Waals surface area contributed by atoms with Gasteiger partial charge in [-0.2, -0.15) is 0 Å². The first-order valence-electron chi connectivity index (χ1n) is 7.28. The van der Waals surface area contributed by atoms with Crippen molar-refractivity contribution in [2.24, 2.45) is 0 Å². The number of carbonyl (C=O) groups excluding carboxylic acids is 1. The first-order chi connectivity index (χ1) is 10.7. The molecule has 0 aliphatic heterocycles. The molecule has 5 heteroatoms. The second-order valence-corrected chi connectivity index (χ2v) is 6.27. The van der Waals surface area contributed by atoms with Crippen LogP contribution in [0.3, 0.4) is 0 Å². The molecule has 0 radical (unpaired) electrons. The highest BCUT2D eigenvalue weighted by Gasteiger charge is 2.33. The Hall–Kier alpha value is -2.01. The minimum Gasteiger partial charge on any atom is -0.497 e. The third-order valence-corrected chi connectivity index (χ3v) is 4.67. The maximum Gasteiger partial charge on any atom is 0.264 e. The Balaban J connectivity index is 1.84. The number of hydrogen-bond donors (Lipinski definition) is 0. The van der Waals surface area contributed by atoms with Gasteiger partial charge < -0.3 is 14.4 Å². The summed E-state index contributed by atoms with van der Waals surface area (Å²) in [7, 11) is 3.27.